The molecule has 0 unspecified atom stereocenters. The Morgan fingerprint density at radius 3 is 2.16 bits per heavy atom. The molecular weight excluding hydrogens is 779 g/mol. The highest BCUT2D eigenvalue weighted by molar-refractivity contribution is 6.00. The summed E-state index contributed by atoms with van der Waals surface area (Å²) in [7, 11) is 1.43. The van der Waals surface area contributed by atoms with Crippen LogP contribution in [0.25, 0.3) is 22.3 Å². The van der Waals surface area contributed by atoms with Gasteiger partial charge in [-0.3, -0.25) is 24.0 Å². The van der Waals surface area contributed by atoms with Crippen molar-refractivity contribution in [1.29, 1.82) is 5.26 Å². The molecule has 10 N–H and O–H groups in total. The van der Waals surface area contributed by atoms with Gasteiger partial charge in [0.15, 0.2) is 0 Å². The highest BCUT2D eigenvalue weighted by Crippen LogP contribution is 2.40. The number of aryl methyl sites for hydroxylation is 1. The van der Waals surface area contributed by atoms with Crippen LogP contribution < -0.4 is 47.9 Å². The molecule has 4 aromatic carbocycles. The number of hydrogen-bond acceptors (Lipinski definition) is 11. The Morgan fingerprint density at radius 1 is 0.852 bits per heavy atom. The largest absolute Gasteiger partial charge is 0.492 e. The number of benzene rings is 4. The molecule has 16 heteroatoms. The summed E-state index contributed by atoms with van der Waals surface area (Å²) in [5, 5.41) is 19.9. The third-order valence-corrected chi connectivity index (χ3v) is 10.2. The van der Waals surface area contributed by atoms with Gasteiger partial charge in [0.25, 0.3) is 5.91 Å². The molecule has 0 saturated heterocycles. The molecular formula is C45H53N9O7. The van der Waals surface area contributed by atoms with Crippen LogP contribution in [0.4, 0.5) is 0 Å². The number of carbonyl (C=O) groups excluding carboxylic acids is 5. The van der Waals surface area contributed by atoms with Gasteiger partial charge in [0.05, 0.1) is 6.07 Å². The van der Waals surface area contributed by atoms with Gasteiger partial charge in [0, 0.05) is 43.2 Å². The van der Waals surface area contributed by atoms with Crippen LogP contribution in [0.1, 0.15) is 46.4 Å². The molecule has 4 aromatic rings. The Kier molecular flexibility index (Phi) is 15.9. The maximum Gasteiger partial charge on any atom is 0.252 e. The molecule has 1 heterocycles. The van der Waals surface area contributed by atoms with Crippen molar-refractivity contribution in [1.82, 2.24) is 26.2 Å². The molecule has 5 amide bonds. The molecule has 0 saturated carbocycles. The second kappa shape index (κ2) is 21.5. The van der Waals surface area contributed by atoms with E-state index in [1.165, 1.54) is 18.9 Å². The summed E-state index contributed by atoms with van der Waals surface area (Å²) in [5.41, 5.74) is 22.5. The van der Waals surface area contributed by atoms with E-state index in [0.29, 0.717) is 44.9 Å². The maximum absolute atomic E-state index is 14.6. The molecule has 0 spiro atoms. The minimum atomic E-state index is -1.37. The van der Waals surface area contributed by atoms with Crippen molar-refractivity contribution in [2.75, 3.05) is 46.4 Å². The fourth-order valence-corrected chi connectivity index (χ4v) is 7.09. The summed E-state index contributed by atoms with van der Waals surface area (Å²) >= 11 is 0. The highest BCUT2D eigenvalue weighted by atomic mass is 16.5. The first-order valence-electron chi connectivity index (χ1n) is 20.0. The van der Waals surface area contributed by atoms with E-state index in [-0.39, 0.29) is 52.2 Å². The van der Waals surface area contributed by atoms with E-state index < -0.39 is 53.7 Å². The number of carbonyl (C=O) groups is 5. The highest BCUT2D eigenvalue weighted by Gasteiger charge is 2.36. The van der Waals surface area contributed by atoms with E-state index in [1.54, 1.807) is 42.5 Å². The number of ether oxygens (including phenoxy) is 2. The molecule has 320 valence electrons. The topological polar surface area (TPSA) is 257 Å². The van der Waals surface area contributed by atoms with E-state index in [2.05, 4.69) is 21.3 Å². The molecule has 0 radical (unpaired) electrons. The second-order valence-electron chi connectivity index (χ2n) is 14.6. The Bertz CT molecular complexity index is 2260. The fourth-order valence-electron chi connectivity index (χ4n) is 7.09. The summed E-state index contributed by atoms with van der Waals surface area (Å²) in [4.78, 5) is 71.1. The number of hydrogen-bond donors (Lipinski definition) is 7. The van der Waals surface area contributed by atoms with Gasteiger partial charge >= 0.3 is 0 Å². The Hall–Kier alpha value is -6.80. The molecule has 4 atom stereocenters. The van der Waals surface area contributed by atoms with Crippen molar-refractivity contribution >= 4 is 29.5 Å². The van der Waals surface area contributed by atoms with Crippen LogP contribution in [0.15, 0.2) is 84.9 Å². The predicted octanol–water partition coefficient (Wildman–Crippen LogP) is 1.84. The standard InChI is InChI=1S/C45H53N9O7/c1-27-23-31(30-7-5-4-6-8-30)10-12-33(27)42(56)52-36(15-16-46)45(59)54(3)40-32-11-14-39(61-22-19-49)35(26-32)34-24-29(9-13-38(34)60-21-18-48)25-37(43(57)50-20-17-47)53-41(55)28(2)51-44(40)58/h4-14,23-24,26,28,36-37,40H,15-16,18-22,25,46,48-49H2,1-3H3,(H,50,57)(H,51,58)(H,52,56)(H,53,55)/t28-,36-,37-,40-/m0/s1. The molecule has 1 aliphatic rings. The molecule has 0 fully saturated rings. The van der Waals surface area contributed by atoms with Gasteiger partial charge in [-0.05, 0) is 85.0 Å². The molecule has 4 bridgehead atoms. The minimum absolute atomic E-state index is 0.0112. The van der Waals surface area contributed by atoms with Gasteiger partial charge in [-0.1, -0.05) is 54.6 Å². The first kappa shape index (κ1) is 45.3. The van der Waals surface area contributed by atoms with Crippen molar-refractivity contribution in [3.8, 4) is 39.8 Å². The molecule has 61 heavy (non-hydrogen) atoms. The van der Waals surface area contributed by atoms with E-state index in [4.69, 9.17) is 31.9 Å². The zero-order valence-corrected chi connectivity index (χ0v) is 34.5. The normalized spacial score (nSPS) is 16.7. The van der Waals surface area contributed by atoms with E-state index in [1.807, 2.05) is 55.5 Å². The van der Waals surface area contributed by atoms with Gasteiger partial charge in [-0.25, -0.2) is 0 Å². The van der Waals surface area contributed by atoms with E-state index >= 15 is 0 Å². The lowest BCUT2D eigenvalue weighted by Crippen LogP contribution is -2.56. The Morgan fingerprint density at radius 2 is 1.52 bits per heavy atom. The number of nitrogens with zero attached hydrogens (tertiary/aromatic N) is 2. The quantitative estimate of drug-likeness (QED) is 0.0851. The number of rotatable bonds is 15. The van der Waals surface area contributed by atoms with Crippen LogP contribution in [0.5, 0.6) is 11.5 Å². The molecule has 5 rings (SSSR count). The number of nitrogens with one attached hydrogen (secondary N) is 4. The smallest absolute Gasteiger partial charge is 0.252 e. The third-order valence-electron chi connectivity index (χ3n) is 10.2. The first-order chi connectivity index (χ1) is 29.4. The zero-order chi connectivity index (χ0) is 44.1. The lowest BCUT2D eigenvalue weighted by molar-refractivity contribution is -0.141. The average Bonchev–Trinajstić information content (AvgIpc) is 3.26. The Balaban J connectivity index is 1.59. The molecule has 1 aliphatic heterocycles. The lowest BCUT2D eigenvalue weighted by Gasteiger charge is -2.32. The third kappa shape index (κ3) is 11.3. The van der Waals surface area contributed by atoms with Crippen LogP contribution in [-0.2, 0) is 25.6 Å². The van der Waals surface area contributed by atoms with Crippen LogP contribution in [0, 0.1) is 18.3 Å². The first-order valence-corrected chi connectivity index (χ1v) is 20.0. The van der Waals surface area contributed by atoms with Crippen LogP contribution in [0.3, 0.4) is 0 Å². The molecule has 0 aliphatic carbocycles. The SMILES string of the molecule is Cc1cc(-c2ccccc2)ccc1C(=O)N[C@@H](CCN)C(=O)N(C)[C@@H]1C(=O)N[C@@H](C)C(=O)N[C@H](C(=O)NCC#N)Cc2ccc(OCCN)c(c2)-c2cc1ccc2OCCN. The van der Waals surface area contributed by atoms with Gasteiger partial charge in [-0.15, -0.1) is 0 Å². The van der Waals surface area contributed by atoms with Gasteiger partial charge in [0.1, 0.15) is 55.4 Å². The number of nitriles is 1. The fraction of sp³-hybridized carbons (Fsp3) is 0.333. The number of amides is 5. The summed E-state index contributed by atoms with van der Waals surface area (Å²) in [6.07, 6.45) is 0.0571. The van der Waals surface area contributed by atoms with E-state index in [0.717, 1.165) is 11.1 Å². The van der Waals surface area contributed by atoms with Crippen molar-refractivity contribution in [3.05, 3.63) is 107 Å². The summed E-state index contributed by atoms with van der Waals surface area (Å²) in [6.45, 7) is 3.70. The monoisotopic (exact) mass is 831 g/mol. The van der Waals surface area contributed by atoms with Crippen LogP contribution in [0.2, 0.25) is 0 Å². The lowest BCUT2D eigenvalue weighted by atomic mass is 9.93. The minimum Gasteiger partial charge on any atom is -0.492 e. The molecule has 16 nitrogen and oxygen atoms in total. The van der Waals surface area contributed by atoms with Crippen molar-refractivity contribution in [2.45, 2.75) is 50.9 Å². The number of likely N-dealkylation sites (N-methyl/N-ethyl adjacent to an activating group) is 1. The van der Waals surface area contributed by atoms with Gasteiger partial charge in [0.2, 0.25) is 23.6 Å². The van der Waals surface area contributed by atoms with Crippen molar-refractivity contribution < 1.29 is 33.4 Å². The molecule has 0 aromatic heterocycles. The van der Waals surface area contributed by atoms with Crippen molar-refractivity contribution in [2.24, 2.45) is 17.2 Å². The van der Waals surface area contributed by atoms with Crippen molar-refractivity contribution in [3.63, 3.8) is 0 Å². The average molecular weight is 832 g/mol. The summed E-state index contributed by atoms with van der Waals surface area (Å²) in [5.74, 6) is -2.37. The zero-order valence-electron chi connectivity index (χ0n) is 34.5. The summed E-state index contributed by atoms with van der Waals surface area (Å²) < 4.78 is 12.2. The second-order valence-corrected chi connectivity index (χ2v) is 14.6. The van der Waals surface area contributed by atoms with Crippen LogP contribution in [-0.4, -0.2) is 99.0 Å². The predicted molar refractivity (Wildman–Crippen MR) is 230 cm³/mol. The number of fused-ring (bicyclic) bond motifs is 5. The van der Waals surface area contributed by atoms with Gasteiger partial charge in [-0.2, -0.15) is 5.26 Å². The van der Waals surface area contributed by atoms with Crippen LogP contribution >= 0.6 is 0 Å². The van der Waals surface area contributed by atoms with Gasteiger partial charge < -0.3 is 52.8 Å². The summed E-state index contributed by atoms with van der Waals surface area (Å²) in [6, 6.07) is 22.4. The maximum atomic E-state index is 14.6. The van der Waals surface area contributed by atoms with E-state index in [9.17, 15) is 24.0 Å². The Labute approximate surface area is 355 Å². The number of nitrogens with two attached hydrogens (primary N) is 3.